The molecule has 0 radical (unpaired) electrons. The van der Waals surface area contributed by atoms with Gasteiger partial charge in [-0.3, -0.25) is 14.6 Å². The molecular weight excluding hydrogens is 450 g/mol. The highest BCUT2D eigenvalue weighted by atomic mass is 35.5. The molecule has 7 nitrogen and oxygen atoms in total. The molecule has 0 aliphatic carbocycles. The summed E-state index contributed by atoms with van der Waals surface area (Å²) in [5, 5.41) is 7.31. The molecule has 1 saturated heterocycles. The number of halogens is 1. The van der Waals surface area contributed by atoms with Gasteiger partial charge in [-0.05, 0) is 61.7 Å². The van der Waals surface area contributed by atoms with E-state index in [2.05, 4.69) is 22.3 Å². The van der Waals surface area contributed by atoms with Crippen molar-refractivity contribution in [2.45, 2.75) is 32.9 Å². The maximum Gasteiger partial charge on any atom is 0.256 e. The number of benzene rings is 2. The summed E-state index contributed by atoms with van der Waals surface area (Å²) >= 11 is 6.27. The average molecular weight is 484 g/mol. The second kappa shape index (κ2) is 11.2. The summed E-state index contributed by atoms with van der Waals surface area (Å²) in [7, 11) is 1.80. The number of amides is 2. The van der Waals surface area contributed by atoms with Crippen molar-refractivity contribution in [2.75, 3.05) is 51.2 Å². The van der Waals surface area contributed by atoms with E-state index in [-0.39, 0.29) is 24.9 Å². The van der Waals surface area contributed by atoms with Crippen LogP contribution in [0.1, 0.15) is 29.5 Å². The Hall–Kier alpha value is -2.61. The van der Waals surface area contributed by atoms with Crippen LogP contribution in [0.2, 0.25) is 5.02 Å². The molecule has 34 heavy (non-hydrogen) atoms. The number of nitrogens with one attached hydrogen (secondary N) is 1. The van der Waals surface area contributed by atoms with E-state index in [4.69, 9.17) is 11.6 Å². The molecular formula is C26H34ClN5O2. The van der Waals surface area contributed by atoms with Gasteiger partial charge in [-0.25, -0.2) is 5.01 Å². The molecule has 0 unspecified atom stereocenters. The number of hydrazine groups is 1. The van der Waals surface area contributed by atoms with Crippen LogP contribution in [-0.4, -0.2) is 73.0 Å². The molecule has 0 aromatic heterocycles. The van der Waals surface area contributed by atoms with Crippen molar-refractivity contribution in [3.63, 3.8) is 0 Å². The molecule has 2 aliphatic rings. The normalized spacial score (nSPS) is 15.9. The first-order valence-corrected chi connectivity index (χ1v) is 12.4. The molecule has 8 heteroatoms. The summed E-state index contributed by atoms with van der Waals surface area (Å²) in [5.74, 6) is -0.167. The van der Waals surface area contributed by atoms with Gasteiger partial charge in [-0.15, -0.1) is 0 Å². The highest BCUT2D eigenvalue weighted by Crippen LogP contribution is 2.26. The minimum absolute atomic E-state index is 0.0722. The maximum absolute atomic E-state index is 13.3. The molecule has 0 saturated carbocycles. The third-order valence-electron chi connectivity index (χ3n) is 6.73. The van der Waals surface area contributed by atoms with Crippen LogP contribution < -0.4 is 10.2 Å². The fraction of sp³-hybridized carbons (Fsp3) is 0.462. The summed E-state index contributed by atoms with van der Waals surface area (Å²) in [6.45, 7) is 7.23. The smallest absolute Gasteiger partial charge is 0.256 e. The summed E-state index contributed by atoms with van der Waals surface area (Å²) in [6, 6.07) is 13.8. The van der Waals surface area contributed by atoms with Gasteiger partial charge in [0.15, 0.2) is 0 Å². The third kappa shape index (κ3) is 6.09. The summed E-state index contributed by atoms with van der Waals surface area (Å²) in [6.07, 6.45) is 2.46. The fourth-order valence-electron chi connectivity index (χ4n) is 4.69. The van der Waals surface area contributed by atoms with Crippen molar-refractivity contribution < 1.29 is 9.59 Å². The summed E-state index contributed by atoms with van der Waals surface area (Å²) in [4.78, 5) is 30.3. The van der Waals surface area contributed by atoms with Crippen LogP contribution in [-0.2, 0) is 22.7 Å². The molecule has 0 bridgehead atoms. The number of hydrogen-bond donors (Lipinski definition) is 1. The first-order chi connectivity index (χ1) is 16.4. The van der Waals surface area contributed by atoms with Gasteiger partial charge in [-0.1, -0.05) is 41.9 Å². The Balaban J connectivity index is 1.40. The Labute approximate surface area is 207 Å². The van der Waals surface area contributed by atoms with Crippen molar-refractivity contribution in [3.8, 4) is 0 Å². The summed E-state index contributed by atoms with van der Waals surface area (Å²) < 4.78 is 0. The van der Waals surface area contributed by atoms with E-state index in [9.17, 15) is 9.59 Å². The van der Waals surface area contributed by atoms with E-state index in [1.54, 1.807) is 12.1 Å². The van der Waals surface area contributed by atoms with Crippen LogP contribution in [0.15, 0.2) is 42.5 Å². The number of aryl methyl sites for hydroxylation is 1. The molecule has 0 atom stereocenters. The molecule has 2 heterocycles. The number of fused-ring (bicyclic) bond motifs is 1. The van der Waals surface area contributed by atoms with E-state index >= 15 is 0 Å². The van der Waals surface area contributed by atoms with E-state index in [0.717, 1.165) is 30.9 Å². The van der Waals surface area contributed by atoms with Crippen LogP contribution in [0, 0.1) is 6.92 Å². The Morgan fingerprint density at radius 3 is 2.38 bits per heavy atom. The molecule has 0 spiro atoms. The lowest BCUT2D eigenvalue weighted by Crippen LogP contribution is -2.48. The van der Waals surface area contributed by atoms with Gasteiger partial charge in [0.05, 0.1) is 13.1 Å². The van der Waals surface area contributed by atoms with Gasteiger partial charge in [-0.2, -0.15) is 0 Å². The molecule has 2 amide bonds. The highest BCUT2D eigenvalue weighted by Gasteiger charge is 2.27. The lowest BCUT2D eigenvalue weighted by atomic mass is 10.1. The number of likely N-dealkylation sites (tertiary alicyclic amines) is 1. The Kier molecular flexibility index (Phi) is 8.08. The zero-order valence-corrected chi connectivity index (χ0v) is 20.9. The lowest BCUT2D eigenvalue weighted by molar-refractivity contribution is -0.145. The largest absolute Gasteiger partial charge is 0.353 e. The second-order valence-corrected chi connectivity index (χ2v) is 9.63. The van der Waals surface area contributed by atoms with E-state index in [0.29, 0.717) is 24.7 Å². The van der Waals surface area contributed by atoms with Crippen LogP contribution in [0.5, 0.6) is 0 Å². The van der Waals surface area contributed by atoms with Crippen molar-refractivity contribution in [1.29, 1.82) is 0 Å². The number of carbonyl (C=O) groups excluding carboxylic acids is 2. The van der Waals surface area contributed by atoms with Gasteiger partial charge < -0.3 is 15.1 Å². The van der Waals surface area contributed by atoms with Crippen LogP contribution in [0.25, 0.3) is 0 Å². The molecule has 2 aromatic carbocycles. The Morgan fingerprint density at radius 1 is 1.03 bits per heavy atom. The molecule has 4 rings (SSSR count). The molecule has 1 N–H and O–H groups in total. The number of carbonyl (C=O) groups is 2. The first-order valence-electron chi connectivity index (χ1n) is 12.0. The number of nitrogens with zero attached hydrogens (tertiary/aromatic N) is 4. The van der Waals surface area contributed by atoms with Crippen LogP contribution >= 0.6 is 11.6 Å². The zero-order valence-electron chi connectivity index (χ0n) is 20.1. The predicted molar refractivity (Wildman–Crippen MR) is 136 cm³/mol. The Morgan fingerprint density at radius 2 is 1.71 bits per heavy atom. The fourth-order valence-corrected chi connectivity index (χ4v) is 4.86. The quantitative estimate of drug-likeness (QED) is 0.594. The number of likely N-dealkylation sites (N-methyl/N-ethyl adjacent to an activating group) is 1. The first kappa shape index (κ1) is 24.5. The van der Waals surface area contributed by atoms with Gasteiger partial charge in [0, 0.05) is 43.9 Å². The van der Waals surface area contributed by atoms with Gasteiger partial charge in [0.2, 0.25) is 5.91 Å². The van der Waals surface area contributed by atoms with Crippen LogP contribution in [0.4, 0.5) is 5.69 Å². The SMILES string of the molecule is Cc1ccc(Cl)cc1N(CC(=O)NCCN1CCCC1)CC(=O)N(C)N1Cc2ccccc2C1. The van der Waals surface area contributed by atoms with Crippen molar-refractivity contribution in [2.24, 2.45) is 0 Å². The monoisotopic (exact) mass is 483 g/mol. The van der Waals surface area contributed by atoms with Gasteiger partial charge in [0.1, 0.15) is 0 Å². The van der Waals surface area contributed by atoms with Crippen molar-refractivity contribution in [1.82, 2.24) is 20.2 Å². The van der Waals surface area contributed by atoms with E-state index in [1.165, 1.54) is 24.0 Å². The topological polar surface area (TPSA) is 59.1 Å². The molecule has 2 aromatic rings. The zero-order chi connectivity index (χ0) is 24.1. The predicted octanol–water partition coefficient (Wildman–Crippen LogP) is 3.06. The van der Waals surface area contributed by atoms with E-state index in [1.807, 2.05) is 47.2 Å². The number of hydrogen-bond acceptors (Lipinski definition) is 5. The average Bonchev–Trinajstić information content (AvgIpc) is 3.49. The Bertz CT molecular complexity index is 999. The minimum atomic E-state index is -0.0948. The lowest BCUT2D eigenvalue weighted by Gasteiger charge is -2.32. The van der Waals surface area contributed by atoms with Crippen molar-refractivity contribution >= 4 is 29.1 Å². The number of anilines is 1. The molecule has 182 valence electrons. The molecule has 1 fully saturated rings. The molecule has 2 aliphatic heterocycles. The summed E-state index contributed by atoms with van der Waals surface area (Å²) in [5.41, 5.74) is 4.25. The second-order valence-electron chi connectivity index (χ2n) is 9.19. The van der Waals surface area contributed by atoms with Crippen LogP contribution in [0.3, 0.4) is 0 Å². The highest BCUT2D eigenvalue weighted by molar-refractivity contribution is 6.30. The maximum atomic E-state index is 13.3. The third-order valence-corrected chi connectivity index (χ3v) is 6.97. The van der Waals surface area contributed by atoms with E-state index < -0.39 is 0 Å². The van der Waals surface area contributed by atoms with Gasteiger partial charge in [0.25, 0.3) is 5.91 Å². The van der Waals surface area contributed by atoms with Crippen molar-refractivity contribution in [3.05, 3.63) is 64.2 Å². The number of rotatable bonds is 9. The van der Waals surface area contributed by atoms with Gasteiger partial charge >= 0.3 is 0 Å². The standard InChI is InChI=1S/C26H34ClN5O2/c1-20-9-10-23(27)15-24(20)31(18-25(33)28-11-14-30-12-5-6-13-30)19-26(34)29(2)32-16-21-7-3-4-8-22(21)17-32/h3-4,7-10,15H,5-6,11-14,16-19H2,1-2H3,(H,28,33). The minimum Gasteiger partial charge on any atom is -0.353 e.